The van der Waals surface area contributed by atoms with E-state index in [2.05, 4.69) is 20.1 Å². The molecule has 0 aliphatic carbocycles. The highest BCUT2D eigenvalue weighted by Gasteiger charge is 2.46. The van der Waals surface area contributed by atoms with Gasteiger partial charge in [-0.05, 0) is 38.8 Å². The van der Waals surface area contributed by atoms with E-state index in [0.717, 1.165) is 47.5 Å². The van der Waals surface area contributed by atoms with Gasteiger partial charge in [0.25, 0.3) is 0 Å². The summed E-state index contributed by atoms with van der Waals surface area (Å²) in [5, 5.41) is 24.7. The Labute approximate surface area is 216 Å². The van der Waals surface area contributed by atoms with E-state index in [0.29, 0.717) is 12.6 Å². The van der Waals surface area contributed by atoms with Gasteiger partial charge in [-0.15, -0.1) is 10.2 Å². The first-order valence-electron chi connectivity index (χ1n) is 10.9. The molecule has 4 heterocycles. The van der Waals surface area contributed by atoms with Gasteiger partial charge in [-0.1, -0.05) is 17.4 Å². The molecule has 0 radical (unpaired) electrons. The number of carboxylic acids is 2. The number of ether oxygens (including phenoxy) is 2. The number of carboxylic acid groups (broad SMARTS) is 2. The number of pyridine rings is 1. The lowest BCUT2D eigenvalue weighted by molar-refractivity contribution is -0.193. The number of aromatic nitrogens is 3. The number of carbonyl (C=O) groups is 2. The van der Waals surface area contributed by atoms with Crippen LogP contribution in [0.4, 0.5) is 31.5 Å². The highest BCUT2D eigenvalue weighted by molar-refractivity contribution is 7.15. The number of hydrogen-bond acceptors (Lipinski definition) is 9. The van der Waals surface area contributed by atoms with Crippen molar-refractivity contribution in [2.75, 3.05) is 18.1 Å². The maximum absolute atomic E-state index is 10.6. The van der Waals surface area contributed by atoms with E-state index < -0.39 is 24.3 Å². The van der Waals surface area contributed by atoms with Crippen molar-refractivity contribution >= 4 is 28.4 Å². The van der Waals surface area contributed by atoms with Crippen LogP contribution in [0.5, 0.6) is 0 Å². The van der Waals surface area contributed by atoms with E-state index in [-0.39, 0.29) is 12.2 Å². The van der Waals surface area contributed by atoms with Crippen LogP contribution in [0, 0.1) is 13.8 Å². The second kappa shape index (κ2) is 13.1. The molecule has 2 N–H and O–H groups in total. The lowest BCUT2D eigenvalue weighted by atomic mass is 10.0. The SMILES string of the molecule is Cc1cccc(CO[C@H]2CN(c3nnc(C)s3)[C@@H]3CCCO[C@H]23)n1.O=C(O)C(F)(F)F.O=C(O)C(F)(F)F. The van der Waals surface area contributed by atoms with Gasteiger partial charge in [-0.25, -0.2) is 9.59 Å². The summed E-state index contributed by atoms with van der Waals surface area (Å²) in [4.78, 5) is 24.6. The summed E-state index contributed by atoms with van der Waals surface area (Å²) in [7, 11) is 0. The van der Waals surface area contributed by atoms with Crippen LogP contribution in [0.2, 0.25) is 0 Å². The van der Waals surface area contributed by atoms with Crippen molar-refractivity contribution in [3.8, 4) is 0 Å². The molecule has 0 bridgehead atoms. The van der Waals surface area contributed by atoms with Gasteiger partial charge in [0, 0.05) is 18.8 Å². The van der Waals surface area contributed by atoms with Crippen molar-refractivity contribution in [3.63, 3.8) is 0 Å². The number of rotatable bonds is 4. The maximum atomic E-state index is 10.6. The first-order valence-corrected chi connectivity index (χ1v) is 11.7. The molecule has 4 rings (SSSR count). The summed E-state index contributed by atoms with van der Waals surface area (Å²) < 4.78 is 75.7. The van der Waals surface area contributed by atoms with Crippen molar-refractivity contribution < 1.29 is 55.6 Å². The second-order valence-corrected chi connectivity index (χ2v) is 9.19. The van der Waals surface area contributed by atoms with Gasteiger partial charge >= 0.3 is 24.3 Å². The van der Waals surface area contributed by atoms with Crippen LogP contribution in [0.3, 0.4) is 0 Å². The van der Waals surface area contributed by atoms with Crippen LogP contribution >= 0.6 is 11.3 Å². The van der Waals surface area contributed by atoms with Crippen molar-refractivity contribution in [1.29, 1.82) is 0 Å². The molecule has 2 saturated heterocycles. The molecule has 212 valence electrons. The number of anilines is 1. The monoisotopic (exact) mass is 574 g/mol. The first-order chi connectivity index (χ1) is 17.6. The van der Waals surface area contributed by atoms with Crippen molar-refractivity contribution in [2.24, 2.45) is 0 Å². The number of fused-ring (bicyclic) bond motifs is 1. The minimum absolute atomic E-state index is 0.0434. The van der Waals surface area contributed by atoms with Gasteiger partial charge in [0.05, 0.1) is 18.3 Å². The molecule has 0 amide bonds. The number of alkyl halides is 6. The zero-order chi connectivity index (χ0) is 28.7. The Morgan fingerprint density at radius 2 is 1.71 bits per heavy atom. The second-order valence-electron chi connectivity index (χ2n) is 8.03. The summed E-state index contributed by atoms with van der Waals surface area (Å²) in [5.41, 5.74) is 1.98. The number of aryl methyl sites for hydroxylation is 2. The van der Waals surface area contributed by atoms with Crippen LogP contribution in [-0.4, -0.2) is 81.1 Å². The fraction of sp³-hybridized carbons (Fsp3) is 0.571. The summed E-state index contributed by atoms with van der Waals surface area (Å²) >= 11 is 1.64. The van der Waals surface area contributed by atoms with Gasteiger partial charge in [0.15, 0.2) is 0 Å². The first kappa shape index (κ1) is 31.2. The van der Waals surface area contributed by atoms with Crippen LogP contribution in [0.25, 0.3) is 0 Å². The Morgan fingerprint density at radius 1 is 1.11 bits per heavy atom. The summed E-state index contributed by atoms with van der Waals surface area (Å²) in [6.45, 7) is 6.12. The van der Waals surface area contributed by atoms with Crippen molar-refractivity contribution in [3.05, 3.63) is 34.6 Å². The molecular weight excluding hydrogens is 550 g/mol. The van der Waals surface area contributed by atoms with Crippen molar-refractivity contribution in [2.45, 2.75) is 63.9 Å². The van der Waals surface area contributed by atoms with Crippen molar-refractivity contribution in [1.82, 2.24) is 15.2 Å². The zero-order valence-corrected chi connectivity index (χ0v) is 20.8. The fourth-order valence-electron chi connectivity index (χ4n) is 3.55. The summed E-state index contributed by atoms with van der Waals surface area (Å²) in [6, 6.07) is 6.36. The predicted molar refractivity (Wildman–Crippen MR) is 120 cm³/mol. The Balaban J connectivity index is 0.000000301. The minimum atomic E-state index is -5.08. The average molecular weight is 575 g/mol. The third-order valence-corrected chi connectivity index (χ3v) is 5.99. The minimum Gasteiger partial charge on any atom is -0.475 e. The average Bonchev–Trinajstić information content (AvgIpc) is 3.41. The molecule has 38 heavy (non-hydrogen) atoms. The molecule has 2 aliphatic rings. The largest absolute Gasteiger partial charge is 0.490 e. The van der Waals surface area contributed by atoms with Crippen LogP contribution in [0.15, 0.2) is 18.2 Å². The number of halogens is 6. The molecule has 17 heteroatoms. The van der Waals surface area contributed by atoms with Gasteiger partial charge in [-0.3, -0.25) is 4.98 Å². The molecule has 3 atom stereocenters. The third-order valence-electron chi connectivity index (χ3n) is 5.11. The lowest BCUT2D eigenvalue weighted by Crippen LogP contribution is -2.42. The Morgan fingerprint density at radius 3 is 2.21 bits per heavy atom. The van der Waals surface area contributed by atoms with E-state index in [4.69, 9.17) is 29.3 Å². The Hall–Kier alpha value is -3.05. The Kier molecular flexibility index (Phi) is 10.8. The Bertz CT molecular complexity index is 1060. The molecule has 0 saturated carbocycles. The van der Waals surface area contributed by atoms with Crippen LogP contribution in [0.1, 0.15) is 29.2 Å². The number of nitrogens with zero attached hydrogens (tertiary/aromatic N) is 4. The van der Waals surface area contributed by atoms with Gasteiger partial charge in [0.2, 0.25) is 5.13 Å². The van der Waals surface area contributed by atoms with E-state index in [1.165, 1.54) is 0 Å². The van der Waals surface area contributed by atoms with Crippen LogP contribution < -0.4 is 4.90 Å². The molecule has 2 fully saturated rings. The third kappa shape index (κ3) is 9.36. The molecule has 2 aromatic heterocycles. The quantitative estimate of drug-likeness (QED) is 0.520. The molecule has 10 nitrogen and oxygen atoms in total. The predicted octanol–water partition coefficient (Wildman–Crippen LogP) is 3.77. The zero-order valence-electron chi connectivity index (χ0n) is 20.0. The smallest absolute Gasteiger partial charge is 0.475 e. The van der Waals surface area contributed by atoms with E-state index >= 15 is 0 Å². The normalized spacial score (nSPS) is 20.9. The van der Waals surface area contributed by atoms with Gasteiger partial charge in [0.1, 0.15) is 17.2 Å². The molecule has 0 spiro atoms. The van der Waals surface area contributed by atoms with Gasteiger partial charge in [-0.2, -0.15) is 26.3 Å². The number of aliphatic carboxylic acids is 2. The van der Waals surface area contributed by atoms with Gasteiger partial charge < -0.3 is 24.6 Å². The standard InChI is InChI=1S/C17H22N4O2S.2C2HF3O2/c1-11-5-3-6-13(18-11)10-23-15-9-21(17-20-19-12(2)24-17)14-7-4-8-22-16(14)15;2*3-2(4,5)1(6)7/h3,5-6,14-16H,4,7-10H2,1-2H3;2*(H,6,7)/t14-,15+,16+;;/m1../s1. The molecule has 2 aromatic rings. The summed E-state index contributed by atoms with van der Waals surface area (Å²) in [5.74, 6) is -5.51. The fourth-order valence-corrected chi connectivity index (χ4v) is 4.31. The molecule has 0 aromatic carbocycles. The summed E-state index contributed by atoms with van der Waals surface area (Å²) in [6.07, 6.45) is -7.82. The molecule has 2 aliphatic heterocycles. The topological polar surface area (TPSA) is 135 Å². The maximum Gasteiger partial charge on any atom is 0.490 e. The van der Waals surface area contributed by atoms with E-state index in [1.54, 1.807) is 11.3 Å². The number of hydrogen-bond donors (Lipinski definition) is 2. The highest BCUT2D eigenvalue weighted by Crippen LogP contribution is 2.35. The highest BCUT2D eigenvalue weighted by atomic mass is 32.1. The lowest BCUT2D eigenvalue weighted by Gasteiger charge is -2.31. The molecular formula is C21H24F6N4O6S. The molecule has 0 unspecified atom stereocenters. The van der Waals surface area contributed by atoms with E-state index in [9.17, 15) is 26.3 Å². The van der Waals surface area contributed by atoms with Crippen LogP contribution in [-0.2, 0) is 25.7 Å². The van der Waals surface area contributed by atoms with E-state index in [1.807, 2.05) is 32.0 Å².